The maximum absolute atomic E-state index is 11.6. The minimum Gasteiger partial charge on any atom is -0.478 e. The summed E-state index contributed by atoms with van der Waals surface area (Å²) in [6, 6.07) is 3.21. The first-order valence-electron chi connectivity index (χ1n) is 6.59. The number of hydrogen-bond donors (Lipinski definition) is 2. The van der Waals surface area contributed by atoms with Crippen LogP contribution in [-0.2, 0) is 0 Å². The van der Waals surface area contributed by atoms with Crippen LogP contribution in [0.3, 0.4) is 0 Å². The molecular weight excluding hydrogens is 256 g/mol. The van der Waals surface area contributed by atoms with Gasteiger partial charge in [0.15, 0.2) is 0 Å². The molecule has 4 heteroatoms. The minimum atomic E-state index is -1.18. The summed E-state index contributed by atoms with van der Waals surface area (Å²) in [5.41, 5.74) is 1.53. The predicted molar refractivity (Wildman–Crippen MR) is 71.1 cm³/mol. The van der Waals surface area contributed by atoms with Crippen LogP contribution in [0.1, 0.15) is 43.7 Å². The molecule has 3 aliphatic rings. The van der Waals surface area contributed by atoms with E-state index in [4.69, 9.17) is 0 Å². The first-order chi connectivity index (χ1) is 9.59. The average molecular weight is 268 g/mol. The Hall–Kier alpha value is -2.36. The van der Waals surface area contributed by atoms with E-state index in [1.807, 2.05) is 6.08 Å². The molecule has 4 atom stereocenters. The van der Waals surface area contributed by atoms with Crippen LogP contribution in [0.15, 0.2) is 36.4 Å². The van der Waals surface area contributed by atoms with Crippen molar-refractivity contribution in [3.05, 3.63) is 58.7 Å². The van der Waals surface area contributed by atoms with Crippen molar-refractivity contribution in [1.82, 2.24) is 0 Å². The molecule has 0 radical (unpaired) electrons. The molecule has 0 spiro atoms. The lowest BCUT2D eigenvalue weighted by Gasteiger charge is -2.15. The van der Waals surface area contributed by atoms with E-state index in [2.05, 4.69) is 18.2 Å². The van der Waals surface area contributed by atoms with Crippen LogP contribution in [0.2, 0.25) is 0 Å². The van der Waals surface area contributed by atoms with Crippen molar-refractivity contribution in [1.29, 1.82) is 0 Å². The van der Waals surface area contributed by atoms with Gasteiger partial charge in [0, 0.05) is 11.8 Å². The summed E-state index contributed by atoms with van der Waals surface area (Å²) in [5.74, 6) is -1.40. The van der Waals surface area contributed by atoms with Gasteiger partial charge < -0.3 is 10.2 Å². The molecule has 0 saturated heterocycles. The smallest absolute Gasteiger partial charge is 0.336 e. The summed E-state index contributed by atoms with van der Waals surface area (Å²) in [6.45, 7) is 0. The monoisotopic (exact) mass is 268 g/mol. The molecule has 4 nitrogen and oxygen atoms in total. The van der Waals surface area contributed by atoms with Crippen LogP contribution >= 0.6 is 0 Å². The Balaban J connectivity index is 2.03. The number of carboxylic acid groups (broad SMARTS) is 2. The molecule has 100 valence electrons. The zero-order valence-electron chi connectivity index (χ0n) is 10.5. The van der Waals surface area contributed by atoms with Gasteiger partial charge in [-0.3, -0.25) is 0 Å². The molecule has 0 fully saturated rings. The SMILES string of the molecule is O=C(O)c1ccc2c(c1C(=O)O)C1C=CC3C=CC2C31. The van der Waals surface area contributed by atoms with Crippen LogP contribution in [0.4, 0.5) is 0 Å². The molecule has 1 aromatic rings. The number of benzene rings is 1. The fraction of sp³-hybridized carbons (Fsp3) is 0.250. The normalized spacial score (nSPS) is 31.4. The number of carbonyl (C=O) groups is 2. The third-order valence-electron chi connectivity index (χ3n) is 4.77. The molecule has 1 aromatic carbocycles. The quantitative estimate of drug-likeness (QED) is 0.808. The highest BCUT2D eigenvalue weighted by Gasteiger charge is 2.49. The Labute approximate surface area is 115 Å². The van der Waals surface area contributed by atoms with Gasteiger partial charge in [0.25, 0.3) is 0 Å². The van der Waals surface area contributed by atoms with Crippen LogP contribution in [0.25, 0.3) is 0 Å². The summed E-state index contributed by atoms with van der Waals surface area (Å²) in [5, 5.41) is 18.7. The van der Waals surface area contributed by atoms with E-state index in [1.165, 1.54) is 6.07 Å². The van der Waals surface area contributed by atoms with Gasteiger partial charge in [-0.2, -0.15) is 0 Å². The number of hydrogen-bond acceptors (Lipinski definition) is 2. The number of allylic oxidation sites excluding steroid dienone is 4. The minimum absolute atomic E-state index is 0.0281. The molecule has 0 saturated carbocycles. The Bertz CT molecular complexity index is 713. The van der Waals surface area contributed by atoms with Gasteiger partial charge in [-0.1, -0.05) is 30.4 Å². The van der Waals surface area contributed by atoms with E-state index in [-0.39, 0.29) is 23.0 Å². The van der Waals surface area contributed by atoms with Crippen molar-refractivity contribution < 1.29 is 19.8 Å². The predicted octanol–water partition coefficient (Wildman–Crippen LogP) is 2.64. The van der Waals surface area contributed by atoms with Crippen LogP contribution < -0.4 is 0 Å². The molecule has 0 aliphatic heterocycles. The fourth-order valence-electron chi connectivity index (χ4n) is 4.07. The average Bonchev–Trinajstić information content (AvgIpc) is 3.05. The molecule has 4 unspecified atom stereocenters. The van der Waals surface area contributed by atoms with E-state index in [0.29, 0.717) is 17.4 Å². The lowest BCUT2D eigenvalue weighted by Crippen LogP contribution is -2.13. The summed E-state index contributed by atoms with van der Waals surface area (Å²) >= 11 is 0. The van der Waals surface area contributed by atoms with Crippen molar-refractivity contribution in [3.8, 4) is 0 Å². The second-order valence-corrected chi connectivity index (χ2v) is 5.58. The molecule has 0 amide bonds. The Morgan fingerprint density at radius 1 is 0.900 bits per heavy atom. The summed E-state index contributed by atoms with van der Waals surface area (Å²) in [4.78, 5) is 22.9. The first kappa shape index (κ1) is 11.5. The largest absolute Gasteiger partial charge is 0.478 e. The third kappa shape index (κ3) is 1.21. The van der Waals surface area contributed by atoms with E-state index in [1.54, 1.807) is 6.07 Å². The standard InChI is InChI=1S/C16H12O4/c17-15(18)11-6-5-9-8-3-1-7-2-4-10(12(7)8)13(9)14(11)16(19)20/h1-8,10,12H,(H,17,18)(H,19,20). The van der Waals surface area contributed by atoms with Crippen molar-refractivity contribution in [2.45, 2.75) is 11.8 Å². The third-order valence-corrected chi connectivity index (χ3v) is 4.77. The summed E-state index contributed by atoms with van der Waals surface area (Å²) < 4.78 is 0. The first-order valence-corrected chi connectivity index (χ1v) is 6.59. The van der Waals surface area contributed by atoms with Gasteiger partial charge in [0.1, 0.15) is 0 Å². The molecule has 3 aliphatic carbocycles. The maximum Gasteiger partial charge on any atom is 0.336 e. The van der Waals surface area contributed by atoms with E-state index in [9.17, 15) is 19.8 Å². The summed E-state index contributed by atoms with van der Waals surface area (Å²) in [6.07, 6.45) is 8.44. The lowest BCUT2D eigenvalue weighted by atomic mass is 9.87. The van der Waals surface area contributed by atoms with Gasteiger partial charge in [0.05, 0.1) is 11.1 Å². The van der Waals surface area contributed by atoms with Crippen molar-refractivity contribution in [2.24, 2.45) is 11.8 Å². The molecule has 20 heavy (non-hydrogen) atoms. The summed E-state index contributed by atoms with van der Waals surface area (Å²) in [7, 11) is 0. The maximum atomic E-state index is 11.6. The Kier molecular flexibility index (Phi) is 2.06. The number of carboxylic acids is 2. The van der Waals surface area contributed by atoms with Crippen molar-refractivity contribution in [3.63, 3.8) is 0 Å². The van der Waals surface area contributed by atoms with E-state index >= 15 is 0 Å². The highest BCUT2D eigenvalue weighted by molar-refractivity contribution is 6.03. The highest BCUT2D eigenvalue weighted by atomic mass is 16.4. The zero-order valence-corrected chi connectivity index (χ0v) is 10.5. The molecule has 0 aromatic heterocycles. The van der Waals surface area contributed by atoms with Gasteiger partial charge in [-0.05, 0) is 29.0 Å². The van der Waals surface area contributed by atoms with Gasteiger partial charge in [-0.25, -0.2) is 9.59 Å². The van der Waals surface area contributed by atoms with Gasteiger partial charge in [-0.15, -0.1) is 0 Å². The second-order valence-electron chi connectivity index (χ2n) is 5.58. The second kappa shape index (κ2) is 3.60. The molecule has 4 rings (SSSR count). The fourth-order valence-corrected chi connectivity index (χ4v) is 4.07. The Morgan fingerprint density at radius 2 is 1.60 bits per heavy atom. The van der Waals surface area contributed by atoms with Gasteiger partial charge in [0.2, 0.25) is 0 Å². The van der Waals surface area contributed by atoms with Crippen LogP contribution in [-0.4, -0.2) is 22.2 Å². The number of aromatic carboxylic acids is 2. The lowest BCUT2D eigenvalue weighted by molar-refractivity contribution is 0.0650. The Morgan fingerprint density at radius 3 is 2.25 bits per heavy atom. The van der Waals surface area contributed by atoms with E-state index < -0.39 is 11.9 Å². The topological polar surface area (TPSA) is 74.6 Å². The van der Waals surface area contributed by atoms with E-state index in [0.717, 1.165) is 5.56 Å². The van der Waals surface area contributed by atoms with Crippen LogP contribution in [0.5, 0.6) is 0 Å². The molecule has 2 N–H and O–H groups in total. The number of rotatable bonds is 2. The highest BCUT2D eigenvalue weighted by Crippen LogP contribution is 2.59. The van der Waals surface area contributed by atoms with Crippen molar-refractivity contribution in [2.75, 3.05) is 0 Å². The van der Waals surface area contributed by atoms with Crippen molar-refractivity contribution >= 4 is 11.9 Å². The molecule has 0 heterocycles. The molecular formula is C16H12O4. The number of fused-ring (bicyclic) bond motifs is 3. The molecule has 0 bridgehead atoms. The van der Waals surface area contributed by atoms with Crippen LogP contribution in [0, 0.1) is 11.8 Å². The zero-order chi connectivity index (χ0) is 14.0. The van der Waals surface area contributed by atoms with Gasteiger partial charge >= 0.3 is 11.9 Å².